The Bertz CT molecular complexity index is 423. The Morgan fingerprint density at radius 1 is 0.882 bits per heavy atom. The van der Waals surface area contributed by atoms with Crippen molar-refractivity contribution in [2.45, 2.75) is 5.85 Å². The summed E-state index contributed by atoms with van der Waals surface area (Å²) in [6.07, 6.45) is 1.18. The summed E-state index contributed by atoms with van der Waals surface area (Å²) in [6, 6.07) is 21.4. The van der Waals surface area contributed by atoms with E-state index in [-0.39, 0.29) is 13.8 Å². The summed E-state index contributed by atoms with van der Waals surface area (Å²) in [4.78, 5) is 0. The second-order valence-corrected chi connectivity index (χ2v) is 6.53. The van der Waals surface area contributed by atoms with Gasteiger partial charge in [-0.2, -0.15) is 0 Å². The molecule has 0 unspecified atom stereocenters. The Morgan fingerprint density at radius 3 is 2.24 bits per heavy atom. The topological polar surface area (TPSA) is 9.23 Å². The largest absolute Gasteiger partial charge is 0.368 e. The molecule has 1 aliphatic heterocycles. The first-order valence-electron chi connectivity index (χ1n) is 5.93. The molecular formula is C15H15OP. The van der Waals surface area contributed by atoms with Gasteiger partial charge in [0.25, 0.3) is 0 Å². The molecule has 2 atom stereocenters. The quantitative estimate of drug-likeness (QED) is 0.732. The third-order valence-electron chi connectivity index (χ3n) is 3.06. The summed E-state index contributed by atoms with van der Waals surface area (Å²) >= 11 is 0. The minimum atomic E-state index is -0.202. The predicted molar refractivity (Wildman–Crippen MR) is 73.0 cm³/mol. The van der Waals surface area contributed by atoms with Crippen LogP contribution in [0.5, 0.6) is 0 Å². The van der Waals surface area contributed by atoms with Crippen LogP contribution in [0.4, 0.5) is 0 Å². The molecule has 0 bridgehead atoms. The number of rotatable bonds is 2. The van der Waals surface area contributed by atoms with Crippen molar-refractivity contribution in [3.63, 3.8) is 0 Å². The molecule has 0 amide bonds. The van der Waals surface area contributed by atoms with Crippen LogP contribution in [0.15, 0.2) is 60.7 Å². The van der Waals surface area contributed by atoms with Gasteiger partial charge < -0.3 is 4.74 Å². The molecule has 2 aromatic carbocycles. The van der Waals surface area contributed by atoms with E-state index in [9.17, 15) is 0 Å². The van der Waals surface area contributed by atoms with E-state index in [2.05, 4.69) is 60.7 Å². The molecule has 1 fully saturated rings. The summed E-state index contributed by atoms with van der Waals surface area (Å²) < 4.78 is 5.93. The first-order chi connectivity index (χ1) is 8.45. The number of hydrogen-bond donors (Lipinski definition) is 0. The van der Waals surface area contributed by atoms with Crippen LogP contribution in [0.3, 0.4) is 0 Å². The highest BCUT2D eigenvalue weighted by molar-refractivity contribution is 7.66. The zero-order valence-corrected chi connectivity index (χ0v) is 10.5. The first kappa shape index (κ1) is 11.0. The molecule has 0 N–H and O–H groups in total. The van der Waals surface area contributed by atoms with E-state index in [1.165, 1.54) is 17.0 Å². The van der Waals surface area contributed by atoms with Crippen molar-refractivity contribution in [2.75, 3.05) is 12.8 Å². The summed E-state index contributed by atoms with van der Waals surface area (Å²) in [7, 11) is -0.202. The summed E-state index contributed by atoms with van der Waals surface area (Å²) in [5, 5.41) is 1.45. The maximum atomic E-state index is 5.93. The zero-order valence-electron chi connectivity index (χ0n) is 9.62. The molecule has 1 nitrogen and oxygen atoms in total. The van der Waals surface area contributed by atoms with Crippen molar-refractivity contribution in [1.29, 1.82) is 0 Å². The molecule has 1 heterocycles. The lowest BCUT2D eigenvalue weighted by Crippen LogP contribution is -2.04. The highest BCUT2D eigenvalue weighted by atomic mass is 31.1. The molecular weight excluding hydrogens is 227 g/mol. The van der Waals surface area contributed by atoms with Gasteiger partial charge in [-0.1, -0.05) is 60.7 Å². The maximum Gasteiger partial charge on any atom is 0.105 e. The fraction of sp³-hybridized carbons (Fsp3) is 0.200. The van der Waals surface area contributed by atoms with Crippen LogP contribution in [0.2, 0.25) is 0 Å². The van der Waals surface area contributed by atoms with Crippen LogP contribution in [-0.4, -0.2) is 12.8 Å². The number of ether oxygens (including phenoxy) is 1. The van der Waals surface area contributed by atoms with E-state index in [4.69, 9.17) is 4.74 Å². The molecule has 3 rings (SSSR count). The smallest absolute Gasteiger partial charge is 0.105 e. The third-order valence-corrected chi connectivity index (χ3v) is 5.70. The van der Waals surface area contributed by atoms with Gasteiger partial charge >= 0.3 is 0 Å². The van der Waals surface area contributed by atoms with E-state index >= 15 is 0 Å². The monoisotopic (exact) mass is 242 g/mol. The molecule has 0 spiro atoms. The van der Waals surface area contributed by atoms with Gasteiger partial charge in [0.1, 0.15) is 5.85 Å². The van der Waals surface area contributed by atoms with Crippen molar-refractivity contribution in [3.05, 3.63) is 66.2 Å². The lowest BCUT2D eigenvalue weighted by Gasteiger charge is -2.19. The van der Waals surface area contributed by atoms with E-state index < -0.39 is 0 Å². The average Bonchev–Trinajstić information content (AvgIpc) is 2.90. The lowest BCUT2D eigenvalue weighted by molar-refractivity contribution is 0.143. The highest BCUT2D eigenvalue weighted by Gasteiger charge is 2.29. The molecule has 2 aromatic rings. The van der Waals surface area contributed by atoms with Crippen molar-refractivity contribution in [2.24, 2.45) is 0 Å². The third kappa shape index (κ3) is 2.26. The maximum absolute atomic E-state index is 5.93. The number of benzene rings is 2. The Morgan fingerprint density at radius 2 is 1.53 bits per heavy atom. The second kappa shape index (κ2) is 5.00. The van der Waals surface area contributed by atoms with Crippen LogP contribution in [-0.2, 0) is 4.74 Å². The molecule has 0 aromatic heterocycles. The van der Waals surface area contributed by atoms with Gasteiger partial charge in [0, 0.05) is 0 Å². The van der Waals surface area contributed by atoms with Gasteiger partial charge in [-0.05, 0) is 25.0 Å². The molecule has 2 heteroatoms. The fourth-order valence-electron chi connectivity index (χ4n) is 2.25. The molecule has 17 heavy (non-hydrogen) atoms. The van der Waals surface area contributed by atoms with Gasteiger partial charge in [0.05, 0.1) is 6.61 Å². The van der Waals surface area contributed by atoms with Crippen LogP contribution in [0.25, 0.3) is 0 Å². The van der Waals surface area contributed by atoms with E-state index in [1.54, 1.807) is 0 Å². The Hall–Kier alpha value is -1.17. The molecule has 1 aliphatic rings. The van der Waals surface area contributed by atoms with Gasteiger partial charge in [0.2, 0.25) is 0 Å². The average molecular weight is 242 g/mol. The molecule has 0 aliphatic carbocycles. The van der Waals surface area contributed by atoms with Gasteiger partial charge in [-0.25, -0.2) is 0 Å². The fourth-order valence-corrected chi connectivity index (χ4v) is 4.69. The van der Waals surface area contributed by atoms with Crippen molar-refractivity contribution >= 4 is 13.2 Å². The minimum absolute atomic E-state index is 0.202. The highest BCUT2D eigenvalue weighted by Crippen LogP contribution is 2.54. The van der Waals surface area contributed by atoms with E-state index in [0.717, 1.165) is 6.61 Å². The lowest BCUT2D eigenvalue weighted by atomic mass is 10.2. The van der Waals surface area contributed by atoms with E-state index in [1.807, 2.05) is 0 Å². The van der Waals surface area contributed by atoms with Crippen molar-refractivity contribution < 1.29 is 4.74 Å². The first-order valence-corrected chi connectivity index (χ1v) is 7.53. The van der Waals surface area contributed by atoms with Crippen LogP contribution < -0.4 is 5.30 Å². The Balaban J connectivity index is 1.91. The molecule has 1 saturated heterocycles. The Labute approximate surface area is 103 Å². The predicted octanol–water partition coefficient (Wildman–Crippen LogP) is 3.52. The molecule has 0 radical (unpaired) electrons. The van der Waals surface area contributed by atoms with Crippen LogP contribution >= 0.6 is 7.92 Å². The summed E-state index contributed by atoms with van der Waals surface area (Å²) in [5.41, 5.74) is 1.32. The minimum Gasteiger partial charge on any atom is -0.368 e. The van der Waals surface area contributed by atoms with Gasteiger partial charge in [-0.3, -0.25) is 0 Å². The summed E-state index contributed by atoms with van der Waals surface area (Å²) in [6.45, 7) is 0.889. The normalized spacial score (nSPS) is 23.8. The second-order valence-electron chi connectivity index (χ2n) is 4.16. The SMILES string of the molecule is c1ccc([C@H]2OCC[P@@]2c2ccccc2)cc1. The Kier molecular flexibility index (Phi) is 3.22. The standard InChI is InChI=1S/C15H15OP/c1-3-7-13(8-4-1)15-16-11-12-17(15)14-9-5-2-6-10-14/h1-10,15H,11-12H2/t15-,17-/m0/s1. The van der Waals surface area contributed by atoms with Gasteiger partial charge in [0.15, 0.2) is 0 Å². The van der Waals surface area contributed by atoms with Crippen molar-refractivity contribution in [3.8, 4) is 0 Å². The van der Waals surface area contributed by atoms with Gasteiger partial charge in [-0.15, -0.1) is 0 Å². The van der Waals surface area contributed by atoms with Crippen LogP contribution in [0.1, 0.15) is 11.4 Å². The van der Waals surface area contributed by atoms with E-state index in [0.29, 0.717) is 0 Å². The number of hydrogen-bond acceptors (Lipinski definition) is 1. The van der Waals surface area contributed by atoms with Crippen molar-refractivity contribution in [1.82, 2.24) is 0 Å². The zero-order chi connectivity index (χ0) is 11.5. The summed E-state index contributed by atoms with van der Waals surface area (Å²) in [5.74, 6) is 0.286. The molecule has 86 valence electrons. The van der Waals surface area contributed by atoms with Crippen LogP contribution in [0, 0.1) is 0 Å². The molecule has 0 saturated carbocycles.